The van der Waals surface area contributed by atoms with Crippen LogP contribution in [0.4, 0.5) is 4.39 Å². The first kappa shape index (κ1) is 14.3. The molecule has 1 aromatic carbocycles. The fourth-order valence-electron chi connectivity index (χ4n) is 2.01. The number of benzene rings is 1. The second-order valence-corrected chi connectivity index (χ2v) is 4.98. The Morgan fingerprint density at radius 1 is 1.37 bits per heavy atom. The van der Waals surface area contributed by atoms with Crippen LogP contribution in [0.2, 0.25) is 10.0 Å². The number of nitrogens with zero attached hydrogens (tertiary/aromatic N) is 2. The van der Waals surface area contributed by atoms with Gasteiger partial charge in [0.25, 0.3) is 0 Å². The molecule has 0 bridgehead atoms. The Bertz CT molecular complexity index is 564. The van der Waals surface area contributed by atoms with Crippen molar-refractivity contribution in [1.29, 1.82) is 0 Å². The third-order valence-corrected chi connectivity index (χ3v) is 3.48. The van der Waals surface area contributed by atoms with Gasteiger partial charge < -0.3 is 5.32 Å². The summed E-state index contributed by atoms with van der Waals surface area (Å²) in [5, 5.41) is 8.09. The monoisotopic (exact) mass is 301 g/mol. The normalized spacial score (nSPS) is 12.7. The van der Waals surface area contributed by atoms with Gasteiger partial charge in [0.2, 0.25) is 0 Å². The van der Waals surface area contributed by atoms with E-state index in [0.717, 1.165) is 17.8 Å². The van der Waals surface area contributed by atoms with Crippen molar-refractivity contribution in [3.63, 3.8) is 0 Å². The molecule has 0 aliphatic rings. The number of rotatable bonds is 4. The van der Waals surface area contributed by atoms with Crippen molar-refractivity contribution in [2.24, 2.45) is 7.05 Å². The number of aryl methyl sites for hydroxylation is 1. The second kappa shape index (κ2) is 5.90. The zero-order valence-corrected chi connectivity index (χ0v) is 12.1. The molecule has 1 heterocycles. The predicted octanol–water partition coefficient (Wildman–Crippen LogP) is 3.56. The Balaban J connectivity index is 2.48. The standard InChI is InChI=1S/C13H14Cl2FN3/c1-3-17-12(13-10(15)7-18-19(13)2)8-4-5-11(16)9(14)6-8/h4-7,12,17H,3H2,1-2H3. The summed E-state index contributed by atoms with van der Waals surface area (Å²) < 4.78 is 15.0. The van der Waals surface area contributed by atoms with E-state index < -0.39 is 5.82 Å². The van der Waals surface area contributed by atoms with E-state index in [1.165, 1.54) is 6.07 Å². The minimum Gasteiger partial charge on any atom is -0.305 e. The molecule has 0 saturated carbocycles. The summed E-state index contributed by atoms with van der Waals surface area (Å²) in [6.45, 7) is 2.73. The Morgan fingerprint density at radius 2 is 2.11 bits per heavy atom. The third kappa shape index (κ3) is 2.91. The van der Waals surface area contributed by atoms with Crippen molar-refractivity contribution in [2.45, 2.75) is 13.0 Å². The summed E-state index contributed by atoms with van der Waals surface area (Å²) in [4.78, 5) is 0. The highest BCUT2D eigenvalue weighted by molar-refractivity contribution is 6.31. The van der Waals surface area contributed by atoms with Gasteiger partial charge in [-0.3, -0.25) is 4.68 Å². The topological polar surface area (TPSA) is 29.9 Å². The van der Waals surface area contributed by atoms with Crippen LogP contribution >= 0.6 is 23.2 Å². The van der Waals surface area contributed by atoms with E-state index in [0.29, 0.717) is 5.02 Å². The summed E-state index contributed by atoms with van der Waals surface area (Å²) in [6.07, 6.45) is 1.59. The Hall–Kier alpha value is -1.10. The van der Waals surface area contributed by atoms with Gasteiger partial charge >= 0.3 is 0 Å². The van der Waals surface area contributed by atoms with Crippen LogP contribution < -0.4 is 5.32 Å². The summed E-state index contributed by atoms with van der Waals surface area (Å²) in [7, 11) is 1.82. The molecule has 19 heavy (non-hydrogen) atoms. The molecule has 3 nitrogen and oxygen atoms in total. The van der Waals surface area contributed by atoms with E-state index in [1.807, 2.05) is 14.0 Å². The lowest BCUT2D eigenvalue weighted by Crippen LogP contribution is -2.24. The van der Waals surface area contributed by atoms with Gasteiger partial charge in [0, 0.05) is 7.05 Å². The molecule has 0 aliphatic heterocycles. The molecule has 1 unspecified atom stereocenters. The smallest absolute Gasteiger partial charge is 0.141 e. The maximum Gasteiger partial charge on any atom is 0.141 e. The van der Waals surface area contributed by atoms with Gasteiger partial charge in [-0.2, -0.15) is 5.10 Å². The summed E-state index contributed by atoms with van der Waals surface area (Å²) in [5.41, 5.74) is 1.67. The number of hydrogen-bond acceptors (Lipinski definition) is 2. The minimum absolute atomic E-state index is 0.0960. The quantitative estimate of drug-likeness (QED) is 0.936. The number of aromatic nitrogens is 2. The first-order chi connectivity index (χ1) is 9.04. The lowest BCUT2D eigenvalue weighted by atomic mass is 10.0. The first-order valence-electron chi connectivity index (χ1n) is 5.90. The number of hydrogen-bond donors (Lipinski definition) is 1. The zero-order valence-electron chi connectivity index (χ0n) is 10.6. The minimum atomic E-state index is -0.434. The molecule has 1 atom stereocenters. The van der Waals surface area contributed by atoms with Crippen molar-refractivity contribution in [3.05, 3.63) is 51.5 Å². The summed E-state index contributed by atoms with van der Waals surface area (Å²) >= 11 is 12.0. The molecular weight excluding hydrogens is 288 g/mol. The Morgan fingerprint density at radius 3 is 2.63 bits per heavy atom. The van der Waals surface area contributed by atoms with Gasteiger partial charge in [-0.15, -0.1) is 0 Å². The molecule has 102 valence electrons. The van der Waals surface area contributed by atoms with Gasteiger partial charge in [0.1, 0.15) is 5.82 Å². The Labute approximate surface area is 121 Å². The average Bonchev–Trinajstić information content (AvgIpc) is 2.70. The highest BCUT2D eigenvalue weighted by Crippen LogP contribution is 2.29. The van der Waals surface area contributed by atoms with Crippen LogP contribution in [0.1, 0.15) is 24.2 Å². The zero-order chi connectivity index (χ0) is 14.0. The Kier molecular flexibility index (Phi) is 4.45. The summed E-state index contributed by atoms with van der Waals surface area (Å²) in [5.74, 6) is -0.434. The highest BCUT2D eigenvalue weighted by Gasteiger charge is 2.21. The molecule has 1 N–H and O–H groups in total. The van der Waals surface area contributed by atoms with Crippen LogP contribution in [0.5, 0.6) is 0 Å². The van der Waals surface area contributed by atoms with Crippen molar-refractivity contribution >= 4 is 23.2 Å². The van der Waals surface area contributed by atoms with Crippen molar-refractivity contribution < 1.29 is 4.39 Å². The summed E-state index contributed by atoms with van der Waals surface area (Å²) in [6, 6.07) is 4.47. The van der Waals surface area contributed by atoms with Gasteiger partial charge in [-0.1, -0.05) is 36.2 Å². The lowest BCUT2D eigenvalue weighted by molar-refractivity contribution is 0.570. The van der Waals surface area contributed by atoms with Crippen LogP contribution in [0.15, 0.2) is 24.4 Å². The SMILES string of the molecule is CCNC(c1ccc(F)c(Cl)c1)c1c(Cl)cnn1C. The van der Waals surface area contributed by atoms with Crippen LogP contribution in [0, 0.1) is 5.82 Å². The molecule has 0 saturated heterocycles. The molecule has 0 aliphatic carbocycles. The van der Waals surface area contributed by atoms with Gasteiger partial charge in [-0.25, -0.2) is 4.39 Å². The van der Waals surface area contributed by atoms with Crippen molar-refractivity contribution in [1.82, 2.24) is 15.1 Å². The van der Waals surface area contributed by atoms with Crippen LogP contribution in [0.25, 0.3) is 0 Å². The fraction of sp³-hybridized carbons (Fsp3) is 0.308. The van der Waals surface area contributed by atoms with E-state index >= 15 is 0 Å². The molecule has 0 fully saturated rings. The van der Waals surface area contributed by atoms with Crippen molar-refractivity contribution in [3.8, 4) is 0 Å². The maximum atomic E-state index is 13.3. The van der Waals surface area contributed by atoms with Crippen LogP contribution in [-0.2, 0) is 7.05 Å². The van der Waals surface area contributed by atoms with Crippen molar-refractivity contribution in [2.75, 3.05) is 6.54 Å². The predicted molar refractivity (Wildman–Crippen MR) is 75.1 cm³/mol. The maximum absolute atomic E-state index is 13.3. The van der Waals surface area contributed by atoms with Crippen LogP contribution in [0.3, 0.4) is 0 Å². The molecule has 2 aromatic rings. The highest BCUT2D eigenvalue weighted by atomic mass is 35.5. The lowest BCUT2D eigenvalue weighted by Gasteiger charge is -2.19. The average molecular weight is 302 g/mol. The van der Waals surface area contributed by atoms with Gasteiger partial charge in [0.15, 0.2) is 0 Å². The molecule has 6 heteroatoms. The molecule has 0 amide bonds. The van der Waals surface area contributed by atoms with E-state index in [9.17, 15) is 4.39 Å². The molecule has 1 aromatic heterocycles. The van der Waals surface area contributed by atoms with E-state index in [1.54, 1.807) is 23.0 Å². The van der Waals surface area contributed by atoms with Crippen LogP contribution in [-0.4, -0.2) is 16.3 Å². The van der Waals surface area contributed by atoms with E-state index in [-0.39, 0.29) is 11.1 Å². The number of nitrogens with one attached hydrogen (secondary N) is 1. The van der Waals surface area contributed by atoms with E-state index in [4.69, 9.17) is 23.2 Å². The number of halogens is 3. The molecule has 0 spiro atoms. The van der Waals surface area contributed by atoms with Gasteiger partial charge in [0.05, 0.1) is 28.0 Å². The molecular formula is C13H14Cl2FN3. The molecule has 0 radical (unpaired) electrons. The second-order valence-electron chi connectivity index (χ2n) is 4.17. The third-order valence-electron chi connectivity index (χ3n) is 2.90. The fourth-order valence-corrected chi connectivity index (χ4v) is 2.48. The molecule has 2 rings (SSSR count). The van der Waals surface area contributed by atoms with E-state index in [2.05, 4.69) is 10.4 Å². The van der Waals surface area contributed by atoms with Gasteiger partial charge in [-0.05, 0) is 24.2 Å². The largest absolute Gasteiger partial charge is 0.305 e. The first-order valence-corrected chi connectivity index (χ1v) is 6.66.